The van der Waals surface area contributed by atoms with Crippen LogP contribution in [0.25, 0.3) is 11.0 Å². The Kier molecular flexibility index (Phi) is 3.00. The van der Waals surface area contributed by atoms with Gasteiger partial charge in [-0.25, -0.2) is 4.98 Å². The molecule has 0 atom stereocenters. The lowest BCUT2D eigenvalue weighted by molar-refractivity contribution is 0.894. The maximum absolute atomic E-state index is 6.18. The number of aromatic nitrogens is 2. The topological polar surface area (TPSA) is 29.9 Å². The number of aryl methyl sites for hydroxylation is 1. The molecule has 2 aromatic rings. The van der Waals surface area contributed by atoms with Gasteiger partial charge in [-0.1, -0.05) is 11.6 Å². The minimum atomic E-state index is 0.303. The monoisotopic (exact) mass is 257 g/mol. The molecule has 0 aliphatic carbocycles. The summed E-state index contributed by atoms with van der Waals surface area (Å²) in [6.07, 6.45) is 0. The fraction of sp³-hybridized carbons (Fsp3) is 0.364. The van der Waals surface area contributed by atoms with Crippen LogP contribution in [0.2, 0.25) is 10.3 Å². The molecule has 0 unspecified atom stereocenters. The first-order valence-corrected chi connectivity index (χ1v) is 5.83. The molecule has 16 heavy (non-hydrogen) atoms. The Hall–Kier alpha value is -0.930. The molecule has 0 amide bonds. The highest BCUT2D eigenvalue weighted by Gasteiger charge is 2.13. The van der Waals surface area contributed by atoms with E-state index in [1.807, 2.05) is 23.7 Å². The molecule has 5 heteroatoms. The van der Waals surface area contributed by atoms with Crippen molar-refractivity contribution in [3.8, 4) is 0 Å². The van der Waals surface area contributed by atoms with Crippen LogP contribution in [-0.4, -0.2) is 15.6 Å². The quantitative estimate of drug-likeness (QED) is 0.890. The Morgan fingerprint density at radius 1 is 1.31 bits per heavy atom. The van der Waals surface area contributed by atoms with Crippen molar-refractivity contribution in [3.63, 3.8) is 0 Å². The van der Waals surface area contributed by atoms with Crippen molar-refractivity contribution >= 4 is 39.9 Å². The van der Waals surface area contributed by atoms with Gasteiger partial charge in [-0.3, -0.25) is 0 Å². The lowest BCUT2D eigenvalue weighted by atomic mass is 10.2. The summed E-state index contributed by atoms with van der Waals surface area (Å²) < 4.78 is 1.83. The maximum Gasteiger partial charge on any atom is 0.203 e. The number of fused-ring (bicyclic) bond motifs is 1. The smallest absolute Gasteiger partial charge is 0.203 e. The zero-order chi connectivity index (χ0) is 11.9. The maximum atomic E-state index is 6.18. The Morgan fingerprint density at radius 3 is 2.62 bits per heavy atom. The van der Waals surface area contributed by atoms with Gasteiger partial charge in [-0.2, -0.15) is 0 Å². The van der Waals surface area contributed by atoms with E-state index in [-0.39, 0.29) is 0 Å². The lowest BCUT2D eigenvalue weighted by Gasteiger charge is -2.13. The molecule has 0 radical (unpaired) electrons. The van der Waals surface area contributed by atoms with Gasteiger partial charge in [0.15, 0.2) is 0 Å². The van der Waals surface area contributed by atoms with E-state index in [1.54, 1.807) is 0 Å². The predicted octanol–water partition coefficient (Wildman–Crippen LogP) is 3.70. The molecular weight excluding hydrogens is 245 g/mol. The summed E-state index contributed by atoms with van der Waals surface area (Å²) in [5.74, 6) is 0. The number of nitrogens with one attached hydrogen (secondary N) is 1. The van der Waals surface area contributed by atoms with Gasteiger partial charge in [0.1, 0.15) is 0 Å². The highest BCUT2D eigenvalue weighted by atomic mass is 35.5. The summed E-state index contributed by atoms with van der Waals surface area (Å²) in [7, 11) is 1.87. The SMILES string of the molecule is CC(C)Nc1c(Cl)ccc2nc(Cl)n(C)c12. The minimum Gasteiger partial charge on any atom is -0.380 e. The van der Waals surface area contributed by atoms with Gasteiger partial charge in [0.25, 0.3) is 0 Å². The van der Waals surface area contributed by atoms with Crippen molar-refractivity contribution in [2.24, 2.45) is 7.05 Å². The van der Waals surface area contributed by atoms with Crippen molar-refractivity contribution in [2.75, 3.05) is 5.32 Å². The van der Waals surface area contributed by atoms with Crippen LogP contribution in [-0.2, 0) is 7.05 Å². The molecule has 0 spiro atoms. The molecule has 0 aliphatic rings. The number of hydrogen-bond donors (Lipinski definition) is 1. The molecule has 0 saturated heterocycles. The van der Waals surface area contributed by atoms with E-state index < -0.39 is 0 Å². The first kappa shape index (κ1) is 11.6. The average Bonchev–Trinajstić information content (AvgIpc) is 2.48. The number of benzene rings is 1. The van der Waals surface area contributed by atoms with Crippen LogP contribution < -0.4 is 5.32 Å². The van der Waals surface area contributed by atoms with Crippen LogP contribution in [0.3, 0.4) is 0 Å². The summed E-state index contributed by atoms with van der Waals surface area (Å²) in [6, 6.07) is 4.00. The second kappa shape index (κ2) is 4.15. The first-order chi connectivity index (χ1) is 7.50. The fourth-order valence-corrected chi connectivity index (χ4v) is 2.06. The van der Waals surface area contributed by atoms with Crippen LogP contribution >= 0.6 is 23.2 Å². The summed E-state index contributed by atoms with van der Waals surface area (Å²) in [4.78, 5) is 4.25. The molecule has 1 aromatic heterocycles. The molecule has 0 fully saturated rings. The molecule has 1 N–H and O–H groups in total. The van der Waals surface area contributed by atoms with E-state index in [0.29, 0.717) is 16.3 Å². The highest BCUT2D eigenvalue weighted by molar-refractivity contribution is 6.35. The second-order valence-electron chi connectivity index (χ2n) is 4.03. The van der Waals surface area contributed by atoms with Gasteiger partial charge in [0, 0.05) is 13.1 Å². The third-order valence-corrected chi connectivity index (χ3v) is 3.02. The average molecular weight is 258 g/mol. The van der Waals surface area contributed by atoms with Crippen LogP contribution in [0, 0.1) is 0 Å². The van der Waals surface area contributed by atoms with E-state index in [2.05, 4.69) is 24.1 Å². The Morgan fingerprint density at radius 2 is 2.00 bits per heavy atom. The van der Waals surface area contributed by atoms with E-state index >= 15 is 0 Å². The van der Waals surface area contributed by atoms with Gasteiger partial charge in [0.2, 0.25) is 5.28 Å². The van der Waals surface area contributed by atoms with E-state index in [9.17, 15) is 0 Å². The van der Waals surface area contributed by atoms with E-state index in [1.165, 1.54) is 0 Å². The Labute approximate surface area is 104 Å². The van der Waals surface area contributed by atoms with E-state index in [0.717, 1.165) is 16.7 Å². The third kappa shape index (κ3) is 1.85. The number of imidazole rings is 1. The van der Waals surface area contributed by atoms with Crippen molar-refractivity contribution in [3.05, 3.63) is 22.4 Å². The molecule has 0 bridgehead atoms. The van der Waals surface area contributed by atoms with Gasteiger partial charge >= 0.3 is 0 Å². The van der Waals surface area contributed by atoms with Crippen molar-refractivity contribution in [1.82, 2.24) is 9.55 Å². The standard InChI is InChI=1S/C11H13Cl2N3/c1-6(2)14-9-7(12)4-5-8-10(9)16(3)11(13)15-8/h4-6,14H,1-3H3. The zero-order valence-corrected chi connectivity index (χ0v) is 10.9. The van der Waals surface area contributed by atoms with Crippen LogP contribution in [0.15, 0.2) is 12.1 Å². The Balaban J connectivity index is 2.72. The molecule has 1 heterocycles. The zero-order valence-electron chi connectivity index (χ0n) is 9.38. The number of halogens is 2. The molecule has 0 aliphatic heterocycles. The van der Waals surface area contributed by atoms with Crippen molar-refractivity contribution < 1.29 is 0 Å². The molecule has 1 aromatic carbocycles. The van der Waals surface area contributed by atoms with Gasteiger partial charge in [-0.05, 0) is 37.6 Å². The summed E-state index contributed by atoms with van der Waals surface area (Å²) in [5, 5.41) is 4.46. The first-order valence-electron chi connectivity index (χ1n) is 5.07. The molecule has 86 valence electrons. The molecule has 0 saturated carbocycles. The number of nitrogens with zero attached hydrogens (tertiary/aromatic N) is 2. The van der Waals surface area contributed by atoms with Gasteiger partial charge in [-0.15, -0.1) is 0 Å². The van der Waals surface area contributed by atoms with Crippen molar-refractivity contribution in [1.29, 1.82) is 0 Å². The normalized spacial score (nSPS) is 11.4. The largest absolute Gasteiger partial charge is 0.380 e. The van der Waals surface area contributed by atoms with Crippen LogP contribution in [0.1, 0.15) is 13.8 Å². The molecular formula is C11H13Cl2N3. The number of hydrogen-bond acceptors (Lipinski definition) is 2. The van der Waals surface area contributed by atoms with Gasteiger partial charge < -0.3 is 9.88 Å². The minimum absolute atomic E-state index is 0.303. The van der Waals surface area contributed by atoms with Crippen molar-refractivity contribution in [2.45, 2.75) is 19.9 Å². The number of rotatable bonds is 2. The fourth-order valence-electron chi connectivity index (χ4n) is 1.68. The Bertz CT molecular complexity index is 531. The third-order valence-electron chi connectivity index (χ3n) is 2.36. The molecule has 3 nitrogen and oxygen atoms in total. The summed E-state index contributed by atoms with van der Waals surface area (Å²) >= 11 is 12.2. The lowest BCUT2D eigenvalue weighted by Crippen LogP contribution is -2.11. The highest BCUT2D eigenvalue weighted by Crippen LogP contribution is 2.32. The van der Waals surface area contributed by atoms with Gasteiger partial charge in [0.05, 0.1) is 21.7 Å². The predicted molar refractivity (Wildman–Crippen MR) is 69.5 cm³/mol. The molecule has 2 rings (SSSR count). The van der Waals surface area contributed by atoms with E-state index in [4.69, 9.17) is 23.2 Å². The summed E-state index contributed by atoms with van der Waals surface area (Å²) in [5.41, 5.74) is 2.67. The van der Waals surface area contributed by atoms with Crippen LogP contribution in [0.5, 0.6) is 0 Å². The summed E-state index contributed by atoms with van der Waals surface area (Å²) in [6.45, 7) is 4.13. The second-order valence-corrected chi connectivity index (χ2v) is 4.77. The number of anilines is 1. The van der Waals surface area contributed by atoms with Crippen LogP contribution in [0.4, 0.5) is 5.69 Å².